The standard InChI is InChI=1S/C25H23N3O4/c1-16(2)32-22-11-10-18(13-26-22)14-27-23(29)19-7-5-6-17(12-19)15-28-24(30)20-8-3-4-9-21(20)25(28)31/h3-13,16H,14-15H2,1-2H3,(H,27,29). The van der Waals surface area contributed by atoms with Gasteiger partial charge in [0.2, 0.25) is 5.88 Å². The van der Waals surface area contributed by atoms with Gasteiger partial charge in [0.15, 0.2) is 0 Å². The van der Waals surface area contributed by atoms with Crippen LogP contribution in [-0.2, 0) is 13.1 Å². The fourth-order valence-electron chi connectivity index (χ4n) is 3.49. The summed E-state index contributed by atoms with van der Waals surface area (Å²) in [5.41, 5.74) is 2.81. The van der Waals surface area contributed by atoms with Crippen LogP contribution in [0, 0.1) is 0 Å². The fourth-order valence-corrected chi connectivity index (χ4v) is 3.49. The number of nitrogens with zero attached hydrogens (tertiary/aromatic N) is 2. The molecule has 0 saturated heterocycles. The Morgan fingerprint density at radius 3 is 2.31 bits per heavy atom. The van der Waals surface area contributed by atoms with Crippen molar-refractivity contribution in [1.82, 2.24) is 15.2 Å². The molecule has 3 aromatic rings. The van der Waals surface area contributed by atoms with Crippen molar-refractivity contribution in [3.63, 3.8) is 0 Å². The number of carbonyl (C=O) groups is 3. The Bertz CT molecular complexity index is 1140. The van der Waals surface area contributed by atoms with Gasteiger partial charge < -0.3 is 10.1 Å². The maximum Gasteiger partial charge on any atom is 0.261 e. The number of rotatable bonds is 7. The van der Waals surface area contributed by atoms with Gasteiger partial charge in [-0.1, -0.05) is 30.3 Å². The van der Waals surface area contributed by atoms with Crippen LogP contribution in [0.1, 0.15) is 56.0 Å². The molecule has 1 aromatic heterocycles. The van der Waals surface area contributed by atoms with Crippen molar-refractivity contribution in [3.8, 4) is 5.88 Å². The highest BCUT2D eigenvalue weighted by atomic mass is 16.5. The summed E-state index contributed by atoms with van der Waals surface area (Å²) in [7, 11) is 0. The highest BCUT2D eigenvalue weighted by Crippen LogP contribution is 2.24. The molecule has 3 amide bonds. The van der Waals surface area contributed by atoms with Gasteiger partial charge in [-0.3, -0.25) is 19.3 Å². The predicted molar refractivity (Wildman–Crippen MR) is 118 cm³/mol. The SMILES string of the molecule is CC(C)Oc1ccc(CNC(=O)c2cccc(CN3C(=O)c4ccccc4C3=O)c2)cn1. The first-order valence-corrected chi connectivity index (χ1v) is 10.4. The molecule has 4 rings (SSSR count). The van der Waals surface area contributed by atoms with E-state index in [2.05, 4.69) is 10.3 Å². The smallest absolute Gasteiger partial charge is 0.261 e. The average molecular weight is 429 g/mol. The Hall–Kier alpha value is -4.00. The van der Waals surface area contributed by atoms with Crippen LogP contribution in [0.15, 0.2) is 66.9 Å². The van der Waals surface area contributed by atoms with Crippen LogP contribution in [0.2, 0.25) is 0 Å². The zero-order valence-corrected chi connectivity index (χ0v) is 17.9. The minimum Gasteiger partial charge on any atom is -0.475 e. The maximum absolute atomic E-state index is 12.6. The second kappa shape index (κ2) is 9.01. The molecule has 0 bridgehead atoms. The van der Waals surface area contributed by atoms with Gasteiger partial charge in [-0.25, -0.2) is 4.98 Å². The summed E-state index contributed by atoms with van der Waals surface area (Å²) in [6.07, 6.45) is 1.71. The quantitative estimate of drug-likeness (QED) is 0.580. The summed E-state index contributed by atoms with van der Waals surface area (Å²) in [5.74, 6) is -0.358. The third-order valence-corrected chi connectivity index (χ3v) is 5.02. The van der Waals surface area contributed by atoms with Crippen molar-refractivity contribution in [2.75, 3.05) is 0 Å². The number of hydrogen-bond donors (Lipinski definition) is 1. The first kappa shape index (κ1) is 21.2. The molecular weight excluding hydrogens is 406 g/mol. The Balaban J connectivity index is 1.39. The van der Waals surface area contributed by atoms with Crippen LogP contribution >= 0.6 is 0 Å². The molecule has 1 aliphatic heterocycles. The largest absolute Gasteiger partial charge is 0.475 e. The number of aromatic nitrogens is 1. The van der Waals surface area contributed by atoms with Gasteiger partial charge in [0.05, 0.1) is 23.8 Å². The summed E-state index contributed by atoms with van der Waals surface area (Å²) in [6.45, 7) is 4.28. The summed E-state index contributed by atoms with van der Waals surface area (Å²) >= 11 is 0. The molecule has 7 nitrogen and oxygen atoms in total. The highest BCUT2D eigenvalue weighted by Gasteiger charge is 2.34. The van der Waals surface area contributed by atoms with E-state index in [4.69, 9.17) is 4.74 Å². The van der Waals surface area contributed by atoms with Crippen molar-refractivity contribution in [2.45, 2.75) is 33.0 Å². The lowest BCUT2D eigenvalue weighted by molar-refractivity contribution is 0.0642. The predicted octanol–water partition coefficient (Wildman–Crippen LogP) is 3.60. The van der Waals surface area contributed by atoms with Gasteiger partial charge in [0.1, 0.15) is 0 Å². The van der Waals surface area contributed by atoms with Gasteiger partial charge in [-0.15, -0.1) is 0 Å². The third-order valence-electron chi connectivity index (χ3n) is 5.02. The van der Waals surface area contributed by atoms with E-state index in [9.17, 15) is 14.4 Å². The van der Waals surface area contributed by atoms with E-state index < -0.39 is 0 Å². The number of pyridine rings is 1. The molecule has 1 aliphatic rings. The van der Waals surface area contributed by atoms with E-state index in [-0.39, 0.29) is 30.4 Å². The summed E-state index contributed by atoms with van der Waals surface area (Å²) in [5, 5.41) is 2.86. The highest BCUT2D eigenvalue weighted by molar-refractivity contribution is 6.21. The van der Waals surface area contributed by atoms with E-state index in [0.717, 1.165) is 5.56 Å². The van der Waals surface area contributed by atoms with Crippen LogP contribution < -0.4 is 10.1 Å². The molecule has 0 saturated carbocycles. The molecule has 0 fully saturated rings. The first-order chi connectivity index (χ1) is 15.4. The molecule has 2 heterocycles. The number of hydrogen-bond acceptors (Lipinski definition) is 5. The minimum absolute atomic E-state index is 0.0423. The number of fused-ring (bicyclic) bond motifs is 1. The van der Waals surface area contributed by atoms with Gasteiger partial charge in [-0.2, -0.15) is 0 Å². The Kier molecular flexibility index (Phi) is 5.98. The molecule has 0 radical (unpaired) electrons. The van der Waals surface area contributed by atoms with Crippen molar-refractivity contribution in [2.24, 2.45) is 0 Å². The van der Waals surface area contributed by atoms with Gasteiger partial charge in [-0.05, 0) is 49.2 Å². The summed E-state index contributed by atoms with van der Waals surface area (Å²) in [4.78, 5) is 43.2. The second-order valence-corrected chi connectivity index (χ2v) is 7.80. The number of carbonyl (C=O) groups excluding carboxylic acids is 3. The molecule has 32 heavy (non-hydrogen) atoms. The molecule has 0 aliphatic carbocycles. The van der Waals surface area contributed by atoms with Crippen LogP contribution in [0.3, 0.4) is 0 Å². The molecule has 162 valence electrons. The van der Waals surface area contributed by atoms with E-state index in [1.165, 1.54) is 4.90 Å². The Labute approximate surface area is 186 Å². The van der Waals surface area contributed by atoms with Crippen LogP contribution in [0.25, 0.3) is 0 Å². The molecule has 7 heteroatoms. The number of amides is 3. The fraction of sp³-hybridized carbons (Fsp3) is 0.200. The average Bonchev–Trinajstić information content (AvgIpc) is 3.03. The second-order valence-electron chi connectivity index (χ2n) is 7.80. The van der Waals surface area contributed by atoms with Crippen molar-refractivity contribution >= 4 is 17.7 Å². The molecule has 2 aromatic carbocycles. The molecule has 0 unspecified atom stereocenters. The minimum atomic E-state index is -0.321. The van der Waals surface area contributed by atoms with E-state index in [1.807, 2.05) is 19.9 Å². The molecule has 0 atom stereocenters. The number of imide groups is 1. The van der Waals surface area contributed by atoms with Crippen molar-refractivity contribution < 1.29 is 19.1 Å². The molecular formula is C25H23N3O4. The monoisotopic (exact) mass is 429 g/mol. The lowest BCUT2D eigenvalue weighted by Crippen LogP contribution is -2.29. The summed E-state index contributed by atoms with van der Waals surface area (Å²) < 4.78 is 5.52. The van der Waals surface area contributed by atoms with Crippen LogP contribution in [-0.4, -0.2) is 33.7 Å². The molecule has 0 spiro atoms. The number of benzene rings is 2. The lowest BCUT2D eigenvalue weighted by atomic mass is 10.1. The van der Waals surface area contributed by atoms with Gasteiger partial charge in [0.25, 0.3) is 17.7 Å². The van der Waals surface area contributed by atoms with E-state index >= 15 is 0 Å². The van der Waals surface area contributed by atoms with Gasteiger partial charge >= 0.3 is 0 Å². The Morgan fingerprint density at radius 2 is 1.69 bits per heavy atom. The zero-order chi connectivity index (χ0) is 22.7. The lowest BCUT2D eigenvalue weighted by Gasteiger charge is -2.14. The normalized spacial score (nSPS) is 12.8. The van der Waals surface area contributed by atoms with Crippen LogP contribution in [0.4, 0.5) is 0 Å². The van der Waals surface area contributed by atoms with E-state index in [0.29, 0.717) is 34.7 Å². The van der Waals surface area contributed by atoms with E-state index in [1.54, 1.807) is 60.8 Å². The topological polar surface area (TPSA) is 88.6 Å². The Morgan fingerprint density at radius 1 is 0.969 bits per heavy atom. The summed E-state index contributed by atoms with van der Waals surface area (Å²) in [6, 6.07) is 17.3. The van der Waals surface area contributed by atoms with Gasteiger partial charge in [0, 0.05) is 24.4 Å². The zero-order valence-electron chi connectivity index (χ0n) is 17.9. The third kappa shape index (κ3) is 4.51. The maximum atomic E-state index is 12.6. The van der Waals surface area contributed by atoms with Crippen molar-refractivity contribution in [3.05, 3.63) is 94.7 Å². The molecule has 1 N–H and O–H groups in total. The van der Waals surface area contributed by atoms with Crippen LogP contribution in [0.5, 0.6) is 5.88 Å². The number of nitrogens with one attached hydrogen (secondary N) is 1. The van der Waals surface area contributed by atoms with Crippen molar-refractivity contribution in [1.29, 1.82) is 0 Å². The number of ether oxygens (including phenoxy) is 1. The first-order valence-electron chi connectivity index (χ1n) is 10.4.